The molecule has 1 saturated heterocycles. The Morgan fingerprint density at radius 2 is 2.15 bits per heavy atom. The number of fused-ring (bicyclic) bond motifs is 1. The normalized spacial score (nSPS) is 20.7. The van der Waals surface area contributed by atoms with Gasteiger partial charge in [0.25, 0.3) is 5.91 Å². The number of piperidine rings is 1. The zero-order valence-corrected chi connectivity index (χ0v) is 15.0. The summed E-state index contributed by atoms with van der Waals surface area (Å²) in [6.07, 6.45) is 6.12. The van der Waals surface area contributed by atoms with Crippen LogP contribution in [-0.4, -0.2) is 45.8 Å². The summed E-state index contributed by atoms with van der Waals surface area (Å²) >= 11 is 0. The van der Waals surface area contributed by atoms with E-state index in [9.17, 15) is 9.18 Å². The third-order valence-electron chi connectivity index (χ3n) is 5.38. The van der Waals surface area contributed by atoms with Crippen molar-refractivity contribution < 1.29 is 9.18 Å². The van der Waals surface area contributed by atoms with Gasteiger partial charge < -0.3 is 4.90 Å². The highest BCUT2D eigenvalue weighted by molar-refractivity contribution is 5.94. The topological polar surface area (TPSA) is 49.3 Å². The molecule has 0 spiro atoms. The van der Waals surface area contributed by atoms with Gasteiger partial charge in [0.15, 0.2) is 0 Å². The molecule has 0 aliphatic carbocycles. The van der Waals surface area contributed by atoms with E-state index in [-0.39, 0.29) is 5.91 Å². The minimum Gasteiger partial charge on any atom is -0.334 e. The Labute approximate surface area is 152 Å². The summed E-state index contributed by atoms with van der Waals surface area (Å²) in [7, 11) is 2.13. The second-order valence-electron chi connectivity index (χ2n) is 7.18. The fraction of sp³-hybridized carbons (Fsp3) is 0.450. The lowest BCUT2D eigenvalue weighted by Gasteiger charge is -2.33. The van der Waals surface area contributed by atoms with Gasteiger partial charge in [0.1, 0.15) is 11.6 Å². The Bertz CT molecular complexity index is 825. The molecule has 1 aromatic heterocycles. The Kier molecular flexibility index (Phi) is 4.68. The second kappa shape index (κ2) is 7.11. The highest BCUT2D eigenvalue weighted by atomic mass is 19.1. The first kappa shape index (κ1) is 17.1. The number of likely N-dealkylation sites (tertiary alicyclic amines) is 1. The molecule has 6 heteroatoms. The van der Waals surface area contributed by atoms with Crippen molar-refractivity contribution in [2.75, 3.05) is 20.1 Å². The molecule has 1 fully saturated rings. The van der Waals surface area contributed by atoms with Gasteiger partial charge in [-0.25, -0.2) is 14.4 Å². The number of carbonyl (C=O) groups is 1. The molecular weight excluding hydrogens is 331 g/mol. The molecule has 3 heterocycles. The van der Waals surface area contributed by atoms with E-state index in [4.69, 9.17) is 4.98 Å². The Morgan fingerprint density at radius 3 is 2.96 bits per heavy atom. The van der Waals surface area contributed by atoms with Crippen LogP contribution in [0.3, 0.4) is 0 Å². The SMILES string of the molecule is CN1CCCC[C@H]1c1ncc2c(n1)CCN(C(=O)c1cccc(F)c1)C2. The highest BCUT2D eigenvalue weighted by Gasteiger charge is 2.27. The standard InChI is InChI=1S/C20H23FN4O/c1-24-9-3-2-7-18(24)19-22-12-15-13-25(10-8-17(15)23-19)20(26)14-5-4-6-16(21)11-14/h4-6,11-12,18H,2-3,7-10,13H2,1H3/t18-/m0/s1. The number of hydrogen-bond acceptors (Lipinski definition) is 4. The molecule has 0 radical (unpaired) electrons. The van der Waals surface area contributed by atoms with Gasteiger partial charge in [-0.05, 0) is 44.6 Å². The van der Waals surface area contributed by atoms with Gasteiger partial charge in [0.05, 0.1) is 11.7 Å². The lowest BCUT2D eigenvalue weighted by molar-refractivity contribution is 0.0732. The van der Waals surface area contributed by atoms with Crippen molar-refractivity contribution in [1.82, 2.24) is 19.8 Å². The summed E-state index contributed by atoms with van der Waals surface area (Å²) < 4.78 is 13.4. The Balaban J connectivity index is 1.52. The third-order valence-corrected chi connectivity index (χ3v) is 5.38. The van der Waals surface area contributed by atoms with E-state index in [0.717, 1.165) is 30.0 Å². The molecule has 1 atom stereocenters. The van der Waals surface area contributed by atoms with Crippen LogP contribution in [0.1, 0.15) is 52.7 Å². The maximum Gasteiger partial charge on any atom is 0.254 e. The first-order valence-electron chi connectivity index (χ1n) is 9.21. The van der Waals surface area contributed by atoms with Crippen molar-refractivity contribution >= 4 is 5.91 Å². The van der Waals surface area contributed by atoms with Crippen molar-refractivity contribution in [2.24, 2.45) is 0 Å². The third kappa shape index (κ3) is 3.33. The van der Waals surface area contributed by atoms with Crippen LogP contribution >= 0.6 is 0 Å². The predicted molar refractivity (Wildman–Crippen MR) is 96.1 cm³/mol. The van der Waals surface area contributed by atoms with E-state index in [2.05, 4.69) is 16.9 Å². The first-order valence-corrected chi connectivity index (χ1v) is 9.21. The number of nitrogens with zero attached hydrogens (tertiary/aromatic N) is 4. The molecule has 0 unspecified atom stereocenters. The molecule has 4 rings (SSSR count). The van der Waals surface area contributed by atoms with Crippen LogP contribution in [-0.2, 0) is 13.0 Å². The van der Waals surface area contributed by atoms with Crippen molar-refractivity contribution in [1.29, 1.82) is 0 Å². The summed E-state index contributed by atoms with van der Waals surface area (Å²) in [6.45, 7) is 2.16. The summed E-state index contributed by atoms with van der Waals surface area (Å²) in [6, 6.07) is 6.15. The number of rotatable bonds is 2. The molecule has 0 N–H and O–H groups in total. The molecule has 0 saturated carbocycles. The molecule has 2 aliphatic heterocycles. The van der Waals surface area contributed by atoms with Crippen LogP contribution in [0, 0.1) is 5.82 Å². The maximum absolute atomic E-state index is 13.4. The summed E-state index contributed by atoms with van der Waals surface area (Å²) in [5.41, 5.74) is 2.41. The maximum atomic E-state index is 13.4. The number of hydrogen-bond donors (Lipinski definition) is 0. The zero-order chi connectivity index (χ0) is 18.1. The van der Waals surface area contributed by atoms with Gasteiger partial charge in [-0.15, -0.1) is 0 Å². The van der Waals surface area contributed by atoms with Crippen LogP contribution in [0.2, 0.25) is 0 Å². The predicted octanol–water partition coefficient (Wildman–Crippen LogP) is 2.97. The smallest absolute Gasteiger partial charge is 0.254 e. The van der Waals surface area contributed by atoms with Gasteiger partial charge in [-0.3, -0.25) is 9.69 Å². The van der Waals surface area contributed by atoms with E-state index < -0.39 is 5.82 Å². The van der Waals surface area contributed by atoms with Crippen LogP contribution in [0.5, 0.6) is 0 Å². The molecule has 26 heavy (non-hydrogen) atoms. The second-order valence-corrected chi connectivity index (χ2v) is 7.18. The number of halogens is 1. The monoisotopic (exact) mass is 354 g/mol. The minimum atomic E-state index is -0.391. The van der Waals surface area contributed by atoms with Crippen LogP contribution in [0.25, 0.3) is 0 Å². The zero-order valence-electron chi connectivity index (χ0n) is 15.0. The first-order chi connectivity index (χ1) is 12.6. The number of carbonyl (C=O) groups excluding carboxylic acids is 1. The quantitative estimate of drug-likeness (QED) is 0.832. The molecule has 136 valence electrons. The van der Waals surface area contributed by atoms with E-state index in [1.165, 1.54) is 25.0 Å². The molecule has 2 aromatic rings. The lowest BCUT2D eigenvalue weighted by Crippen LogP contribution is -2.37. The van der Waals surface area contributed by atoms with Crippen molar-refractivity contribution in [3.8, 4) is 0 Å². The Hall–Kier alpha value is -2.34. The summed E-state index contributed by atoms with van der Waals surface area (Å²) in [5.74, 6) is 0.361. The van der Waals surface area contributed by atoms with Crippen LogP contribution < -0.4 is 0 Å². The average Bonchev–Trinajstić information content (AvgIpc) is 2.67. The van der Waals surface area contributed by atoms with Gasteiger partial charge in [-0.2, -0.15) is 0 Å². The number of amides is 1. The molecule has 5 nitrogen and oxygen atoms in total. The summed E-state index contributed by atoms with van der Waals surface area (Å²) in [5, 5.41) is 0. The van der Waals surface area contributed by atoms with E-state index in [1.54, 1.807) is 17.0 Å². The van der Waals surface area contributed by atoms with Gasteiger partial charge in [-0.1, -0.05) is 12.5 Å². The molecular formula is C20H23FN4O. The van der Waals surface area contributed by atoms with Gasteiger partial charge >= 0.3 is 0 Å². The average molecular weight is 354 g/mol. The fourth-order valence-electron chi connectivity index (χ4n) is 3.87. The van der Waals surface area contributed by atoms with E-state index in [1.807, 2.05) is 6.20 Å². The van der Waals surface area contributed by atoms with Crippen LogP contribution in [0.4, 0.5) is 4.39 Å². The van der Waals surface area contributed by atoms with E-state index in [0.29, 0.717) is 31.1 Å². The van der Waals surface area contributed by atoms with E-state index >= 15 is 0 Å². The van der Waals surface area contributed by atoms with Crippen molar-refractivity contribution in [2.45, 2.75) is 38.3 Å². The van der Waals surface area contributed by atoms with Crippen molar-refractivity contribution in [3.63, 3.8) is 0 Å². The Morgan fingerprint density at radius 1 is 1.27 bits per heavy atom. The molecule has 2 aliphatic rings. The van der Waals surface area contributed by atoms with Gasteiger partial charge in [0, 0.05) is 36.8 Å². The number of aromatic nitrogens is 2. The van der Waals surface area contributed by atoms with Crippen LogP contribution in [0.15, 0.2) is 30.5 Å². The molecule has 0 bridgehead atoms. The minimum absolute atomic E-state index is 0.147. The highest BCUT2D eigenvalue weighted by Crippen LogP contribution is 2.28. The largest absolute Gasteiger partial charge is 0.334 e. The molecule has 1 aromatic carbocycles. The van der Waals surface area contributed by atoms with Crippen molar-refractivity contribution in [3.05, 3.63) is 58.9 Å². The fourth-order valence-corrected chi connectivity index (χ4v) is 3.87. The van der Waals surface area contributed by atoms with Gasteiger partial charge in [0.2, 0.25) is 0 Å². The summed E-state index contributed by atoms with van der Waals surface area (Å²) in [4.78, 5) is 26.1. The lowest BCUT2D eigenvalue weighted by atomic mass is 10.0. The number of benzene rings is 1. The molecule has 1 amide bonds.